The molecule has 0 radical (unpaired) electrons. The molecule has 1 N–H and O–H groups in total. The van der Waals surface area contributed by atoms with Crippen molar-refractivity contribution < 1.29 is 14.0 Å². The van der Waals surface area contributed by atoms with Crippen LogP contribution in [0.25, 0.3) is 0 Å². The molecule has 2 rings (SSSR count). The van der Waals surface area contributed by atoms with E-state index in [0.29, 0.717) is 11.3 Å². The lowest BCUT2D eigenvalue weighted by Crippen LogP contribution is -2.43. The zero-order chi connectivity index (χ0) is 20.0. The average Bonchev–Trinajstić information content (AvgIpc) is 2.66. The number of nitrogens with zero attached hydrogens (tertiary/aromatic N) is 1. The van der Waals surface area contributed by atoms with Crippen LogP contribution in [0.15, 0.2) is 48.5 Å². The lowest BCUT2D eigenvalue weighted by atomic mass is 9.95. The van der Waals surface area contributed by atoms with Crippen molar-refractivity contribution in [2.75, 3.05) is 23.9 Å². The summed E-state index contributed by atoms with van der Waals surface area (Å²) in [5.41, 5.74) is 1.29. The summed E-state index contributed by atoms with van der Waals surface area (Å²) in [5.74, 6) is -0.562. The Kier molecular flexibility index (Phi) is 6.97. The number of halogens is 2. The average molecular weight is 391 g/mol. The van der Waals surface area contributed by atoms with Gasteiger partial charge < -0.3 is 10.2 Å². The van der Waals surface area contributed by atoms with E-state index in [1.807, 2.05) is 19.1 Å². The molecule has 0 heterocycles. The fraction of sp³-hybridized carbons (Fsp3) is 0.333. The van der Waals surface area contributed by atoms with Crippen LogP contribution in [0.3, 0.4) is 0 Å². The van der Waals surface area contributed by atoms with Gasteiger partial charge in [0, 0.05) is 30.2 Å². The maximum atomic E-state index is 13.3. The first-order valence-corrected chi connectivity index (χ1v) is 9.27. The molecular formula is C21H24ClFN2O2. The van der Waals surface area contributed by atoms with Crippen LogP contribution in [0.4, 0.5) is 10.1 Å². The Labute approximate surface area is 164 Å². The third kappa shape index (κ3) is 5.30. The minimum absolute atomic E-state index is 0.181. The van der Waals surface area contributed by atoms with Crippen molar-refractivity contribution in [3.05, 3.63) is 65.5 Å². The van der Waals surface area contributed by atoms with Gasteiger partial charge in [-0.2, -0.15) is 0 Å². The van der Waals surface area contributed by atoms with Gasteiger partial charge in [-0.25, -0.2) is 4.39 Å². The third-order valence-electron chi connectivity index (χ3n) is 4.33. The highest BCUT2D eigenvalue weighted by Gasteiger charge is 2.26. The van der Waals surface area contributed by atoms with E-state index in [1.165, 1.54) is 17.0 Å². The molecule has 6 heteroatoms. The minimum Gasteiger partial charge on any atom is -0.354 e. The molecule has 0 aliphatic rings. The lowest BCUT2D eigenvalue weighted by molar-refractivity contribution is -0.128. The van der Waals surface area contributed by atoms with E-state index in [4.69, 9.17) is 11.6 Å². The van der Waals surface area contributed by atoms with E-state index in [-0.39, 0.29) is 36.6 Å². The highest BCUT2D eigenvalue weighted by Crippen LogP contribution is 2.20. The Morgan fingerprint density at radius 1 is 1.11 bits per heavy atom. The van der Waals surface area contributed by atoms with Crippen molar-refractivity contribution in [3.8, 4) is 0 Å². The predicted octanol–water partition coefficient (Wildman–Crippen LogP) is 4.16. The number of hydrogen-bond acceptors (Lipinski definition) is 2. The number of benzene rings is 2. The van der Waals surface area contributed by atoms with E-state index in [2.05, 4.69) is 5.32 Å². The molecule has 0 atom stereocenters. The number of rotatable bonds is 7. The first-order valence-electron chi connectivity index (χ1n) is 8.73. The molecule has 0 saturated heterocycles. The van der Waals surface area contributed by atoms with Crippen LogP contribution in [0.2, 0.25) is 0 Å². The molecule has 27 heavy (non-hydrogen) atoms. The first-order chi connectivity index (χ1) is 12.8. The van der Waals surface area contributed by atoms with E-state index >= 15 is 0 Å². The summed E-state index contributed by atoms with van der Waals surface area (Å²) < 4.78 is 13.3. The largest absolute Gasteiger partial charge is 0.354 e. The fourth-order valence-electron chi connectivity index (χ4n) is 2.51. The van der Waals surface area contributed by atoms with Crippen molar-refractivity contribution in [1.29, 1.82) is 0 Å². The highest BCUT2D eigenvalue weighted by molar-refractivity contribution is 6.19. The smallest absolute Gasteiger partial charge is 0.258 e. The molecule has 0 unspecified atom stereocenters. The van der Waals surface area contributed by atoms with E-state index in [0.717, 1.165) is 5.56 Å². The number of carbonyl (C=O) groups excluding carboxylic acids is 2. The van der Waals surface area contributed by atoms with Crippen LogP contribution in [-0.2, 0) is 4.79 Å². The second-order valence-corrected chi connectivity index (χ2v) is 7.29. The van der Waals surface area contributed by atoms with Crippen LogP contribution in [0.5, 0.6) is 0 Å². The predicted molar refractivity (Wildman–Crippen MR) is 107 cm³/mol. The quantitative estimate of drug-likeness (QED) is 0.721. The van der Waals surface area contributed by atoms with Crippen LogP contribution in [-0.4, -0.2) is 30.8 Å². The van der Waals surface area contributed by atoms with Crippen molar-refractivity contribution in [1.82, 2.24) is 5.32 Å². The van der Waals surface area contributed by atoms with Gasteiger partial charge in [-0.05, 0) is 56.7 Å². The molecule has 0 aliphatic carbocycles. The van der Waals surface area contributed by atoms with Crippen LogP contribution < -0.4 is 10.2 Å². The molecule has 2 aromatic rings. The van der Waals surface area contributed by atoms with E-state index in [1.54, 1.807) is 38.1 Å². The van der Waals surface area contributed by atoms with Crippen molar-refractivity contribution >= 4 is 29.1 Å². The van der Waals surface area contributed by atoms with Crippen LogP contribution in [0.1, 0.15) is 29.8 Å². The minimum atomic E-state index is -0.692. The third-order valence-corrected chi connectivity index (χ3v) is 5.00. The molecule has 0 aliphatic heterocycles. The van der Waals surface area contributed by atoms with Crippen LogP contribution in [0, 0.1) is 18.2 Å². The summed E-state index contributed by atoms with van der Waals surface area (Å²) in [6.07, 6.45) is 0. The number of alkyl halides is 1. The zero-order valence-electron chi connectivity index (χ0n) is 15.8. The number of carbonyl (C=O) groups is 2. The monoisotopic (exact) mass is 390 g/mol. The normalized spacial score (nSPS) is 11.1. The number of aryl methyl sites for hydroxylation is 1. The Balaban J connectivity index is 2.21. The fourth-order valence-corrected chi connectivity index (χ4v) is 2.63. The van der Waals surface area contributed by atoms with Gasteiger partial charge >= 0.3 is 0 Å². The number of nitrogens with one attached hydrogen (secondary N) is 1. The van der Waals surface area contributed by atoms with Gasteiger partial charge in [0.1, 0.15) is 5.82 Å². The molecular weight excluding hydrogens is 367 g/mol. The van der Waals surface area contributed by atoms with Gasteiger partial charge in [0.15, 0.2) is 0 Å². The van der Waals surface area contributed by atoms with Gasteiger partial charge in [-0.15, -0.1) is 11.6 Å². The molecule has 144 valence electrons. The number of hydrogen-bond donors (Lipinski definition) is 1. The van der Waals surface area contributed by atoms with Crippen molar-refractivity contribution in [2.45, 2.75) is 20.8 Å². The van der Waals surface area contributed by atoms with Gasteiger partial charge in [0.2, 0.25) is 5.91 Å². The second kappa shape index (κ2) is 9.00. The number of anilines is 1. The summed E-state index contributed by atoms with van der Waals surface area (Å²) in [4.78, 5) is 26.8. The number of amides is 2. The molecule has 0 bridgehead atoms. The maximum Gasteiger partial charge on any atom is 0.258 e. The lowest BCUT2D eigenvalue weighted by Gasteiger charge is -2.25. The maximum absolute atomic E-state index is 13.3. The molecule has 2 aromatic carbocycles. The van der Waals surface area contributed by atoms with E-state index < -0.39 is 5.41 Å². The van der Waals surface area contributed by atoms with Crippen molar-refractivity contribution in [2.24, 2.45) is 5.41 Å². The van der Waals surface area contributed by atoms with Gasteiger partial charge in [-0.1, -0.05) is 18.2 Å². The van der Waals surface area contributed by atoms with Crippen LogP contribution >= 0.6 is 11.6 Å². The SMILES string of the molecule is Cc1ccccc1C(=O)N(CCNC(=O)C(C)(C)CCl)c1ccc(F)cc1. The summed E-state index contributed by atoms with van der Waals surface area (Å²) >= 11 is 5.83. The highest BCUT2D eigenvalue weighted by atomic mass is 35.5. The molecule has 0 saturated carbocycles. The van der Waals surface area contributed by atoms with Crippen molar-refractivity contribution in [3.63, 3.8) is 0 Å². The topological polar surface area (TPSA) is 49.4 Å². The Hall–Kier alpha value is -2.40. The summed E-state index contributed by atoms with van der Waals surface area (Å²) in [5, 5.41) is 2.82. The van der Waals surface area contributed by atoms with Gasteiger partial charge in [-0.3, -0.25) is 9.59 Å². The second-order valence-electron chi connectivity index (χ2n) is 7.02. The molecule has 0 spiro atoms. The Morgan fingerprint density at radius 3 is 2.33 bits per heavy atom. The first kappa shape index (κ1) is 20.9. The zero-order valence-corrected chi connectivity index (χ0v) is 16.5. The summed E-state index contributed by atoms with van der Waals surface area (Å²) in [6, 6.07) is 13.0. The van der Waals surface area contributed by atoms with Gasteiger partial charge in [0.25, 0.3) is 5.91 Å². The molecule has 0 aromatic heterocycles. The summed E-state index contributed by atoms with van der Waals surface area (Å²) in [7, 11) is 0. The van der Waals surface area contributed by atoms with Gasteiger partial charge in [0.05, 0.1) is 5.41 Å². The molecule has 0 fully saturated rings. The summed E-state index contributed by atoms with van der Waals surface area (Å²) in [6.45, 7) is 5.88. The molecule has 4 nitrogen and oxygen atoms in total. The Bertz CT molecular complexity index is 806. The molecule has 2 amide bonds. The standard InChI is InChI=1S/C21H24ClFN2O2/c1-15-6-4-5-7-18(15)19(26)25(17-10-8-16(23)9-11-17)13-12-24-20(27)21(2,3)14-22/h4-11H,12-14H2,1-3H3,(H,24,27). The Morgan fingerprint density at radius 2 is 1.74 bits per heavy atom. The van der Waals surface area contributed by atoms with E-state index in [9.17, 15) is 14.0 Å².